The Morgan fingerprint density at radius 2 is 0.714 bits per heavy atom. The maximum absolute atomic E-state index is 2.00. The zero-order valence-electron chi connectivity index (χ0n) is 4.82. The van der Waals surface area contributed by atoms with E-state index >= 15 is 0 Å². The van der Waals surface area contributed by atoms with E-state index in [4.69, 9.17) is 0 Å². The molecule has 0 amide bonds. The molecule has 40 valence electrons. The second-order valence-corrected chi connectivity index (χ2v) is 1.15. The van der Waals surface area contributed by atoms with Crippen molar-refractivity contribution in [3.05, 3.63) is 36.4 Å². The molecular weight excluding hydrogens is 173 g/mol. The average molecular weight is 180 g/mol. The Morgan fingerprint density at radius 3 is 0.857 bits per heavy atom. The van der Waals surface area contributed by atoms with Gasteiger partial charge in [0.15, 0.2) is 0 Å². The Balaban J connectivity index is 0. The Hall–Kier alpha value is -0.157. The molecule has 1 aromatic carbocycles. The van der Waals surface area contributed by atoms with Crippen molar-refractivity contribution in [3.8, 4) is 0 Å². The first kappa shape index (κ1) is 6.84. The van der Waals surface area contributed by atoms with Crippen molar-refractivity contribution in [3.63, 3.8) is 0 Å². The third kappa shape index (κ3) is 2.53. The number of rotatable bonds is 0. The second-order valence-electron chi connectivity index (χ2n) is 1.15. The quantitative estimate of drug-likeness (QED) is 0.534. The minimum atomic E-state index is 0. The summed E-state index contributed by atoms with van der Waals surface area (Å²) < 4.78 is 0. The molecule has 1 aromatic rings. The normalized spacial score (nSPS) is 6.86. The van der Waals surface area contributed by atoms with Crippen LogP contribution < -0.4 is 0 Å². The van der Waals surface area contributed by atoms with Crippen molar-refractivity contribution in [1.29, 1.82) is 0 Å². The van der Waals surface area contributed by atoms with Gasteiger partial charge in [0.1, 0.15) is 0 Å². The average Bonchev–Trinajstić information content (AvgIpc) is 1.72. The van der Waals surface area contributed by atoms with Crippen molar-refractivity contribution in [1.82, 2.24) is 0 Å². The van der Waals surface area contributed by atoms with E-state index < -0.39 is 0 Å². The zero-order chi connectivity index (χ0) is 4.24. The van der Waals surface area contributed by atoms with E-state index in [-0.39, 0.29) is 20.9 Å². The Kier molecular flexibility index (Phi) is 3.92. The molecule has 0 fully saturated rings. The third-order valence-corrected chi connectivity index (χ3v) is 0.667. The van der Waals surface area contributed by atoms with Gasteiger partial charge in [-0.1, -0.05) is 36.4 Å². The summed E-state index contributed by atoms with van der Waals surface area (Å²) in [6.07, 6.45) is 0. The molecule has 0 aliphatic heterocycles. The Morgan fingerprint density at radius 1 is 0.571 bits per heavy atom. The molecule has 0 bridgehead atoms. The molecule has 0 saturated carbocycles. The van der Waals surface area contributed by atoms with Gasteiger partial charge in [-0.05, 0) is 0 Å². The van der Waals surface area contributed by atoms with E-state index in [1.807, 2.05) is 36.4 Å². The smallest absolute Gasteiger partial charge is 0 e. The number of hydrogen-bond donors (Lipinski definition) is 0. The van der Waals surface area contributed by atoms with Crippen LogP contribution in [0.2, 0.25) is 0 Å². The van der Waals surface area contributed by atoms with E-state index in [9.17, 15) is 0 Å². The van der Waals surface area contributed by atoms with Gasteiger partial charge in [-0.25, -0.2) is 0 Å². The van der Waals surface area contributed by atoms with Crippen molar-refractivity contribution >= 4 is 0 Å². The fourth-order valence-electron chi connectivity index (χ4n) is 0.385. The molecule has 0 N–H and O–H groups in total. The summed E-state index contributed by atoms with van der Waals surface area (Å²) >= 11 is 0. The van der Waals surface area contributed by atoms with Crippen LogP contribution in [-0.4, -0.2) is 0 Å². The summed E-state index contributed by atoms with van der Waals surface area (Å²) in [4.78, 5) is 0. The van der Waals surface area contributed by atoms with Gasteiger partial charge in [0.05, 0.1) is 0 Å². The number of hydrogen-bond acceptors (Lipinski definition) is 0. The first-order chi connectivity index (χ1) is 3.00. The summed E-state index contributed by atoms with van der Waals surface area (Å²) in [5.74, 6) is 0. The SMILES string of the molecule is [H-].[Ru].c1ccccc1. The van der Waals surface area contributed by atoms with Crippen LogP contribution in [0.5, 0.6) is 0 Å². The monoisotopic (exact) mass is 181 g/mol. The van der Waals surface area contributed by atoms with Gasteiger partial charge in [0, 0.05) is 19.5 Å². The molecule has 7 heavy (non-hydrogen) atoms. The topological polar surface area (TPSA) is 0 Å². The van der Waals surface area contributed by atoms with Crippen LogP contribution in [0.1, 0.15) is 1.43 Å². The molecule has 0 aliphatic rings. The van der Waals surface area contributed by atoms with Crippen LogP contribution in [-0.2, 0) is 19.5 Å². The van der Waals surface area contributed by atoms with Crippen LogP contribution in [0.3, 0.4) is 0 Å². The van der Waals surface area contributed by atoms with Crippen molar-refractivity contribution in [2.45, 2.75) is 0 Å². The summed E-state index contributed by atoms with van der Waals surface area (Å²) in [5, 5.41) is 0. The molecule has 0 spiro atoms. The molecule has 1 rings (SSSR count). The van der Waals surface area contributed by atoms with Crippen molar-refractivity contribution in [2.24, 2.45) is 0 Å². The van der Waals surface area contributed by atoms with Gasteiger partial charge in [0.2, 0.25) is 0 Å². The van der Waals surface area contributed by atoms with Crippen LogP contribution in [0.4, 0.5) is 0 Å². The van der Waals surface area contributed by atoms with Gasteiger partial charge in [0.25, 0.3) is 0 Å². The summed E-state index contributed by atoms with van der Waals surface area (Å²) in [7, 11) is 0. The first-order valence-electron chi connectivity index (χ1n) is 2.00. The fraction of sp³-hybridized carbons (Fsp3) is 0. The predicted molar refractivity (Wildman–Crippen MR) is 27.6 cm³/mol. The van der Waals surface area contributed by atoms with Gasteiger partial charge >= 0.3 is 0 Å². The van der Waals surface area contributed by atoms with E-state index in [1.165, 1.54) is 0 Å². The molecule has 0 heterocycles. The van der Waals surface area contributed by atoms with E-state index in [2.05, 4.69) is 0 Å². The van der Waals surface area contributed by atoms with Gasteiger partial charge in [-0.3, -0.25) is 0 Å². The molecule has 0 atom stereocenters. The Labute approximate surface area is 57.8 Å². The van der Waals surface area contributed by atoms with E-state index in [0.29, 0.717) is 0 Å². The Bertz CT molecular complexity index is 80.5. The molecule has 0 radical (unpaired) electrons. The summed E-state index contributed by atoms with van der Waals surface area (Å²) in [5.41, 5.74) is 0. The number of benzene rings is 1. The molecule has 1 heteroatoms. The third-order valence-electron chi connectivity index (χ3n) is 0.667. The standard InChI is InChI=1S/C6H6.Ru.H/c1-2-4-6-5-3-1;;/h1-6H;;/q;;-1. The molecule has 0 nitrogen and oxygen atoms in total. The minimum Gasteiger partial charge on any atom is -1.00 e. The predicted octanol–water partition coefficient (Wildman–Crippen LogP) is 1.80. The van der Waals surface area contributed by atoms with Crippen LogP contribution in [0.15, 0.2) is 36.4 Å². The van der Waals surface area contributed by atoms with E-state index in [0.717, 1.165) is 0 Å². The van der Waals surface area contributed by atoms with Crippen LogP contribution in [0, 0.1) is 0 Å². The second kappa shape index (κ2) is 4.01. The maximum atomic E-state index is 2.00. The molecular formula is C6H7Ru-. The molecule has 0 aromatic heterocycles. The van der Waals surface area contributed by atoms with Crippen molar-refractivity contribution in [2.75, 3.05) is 0 Å². The minimum absolute atomic E-state index is 0. The first-order valence-corrected chi connectivity index (χ1v) is 2.00. The van der Waals surface area contributed by atoms with Crippen molar-refractivity contribution < 1.29 is 20.9 Å². The van der Waals surface area contributed by atoms with Crippen LogP contribution >= 0.6 is 0 Å². The largest absolute Gasteiger partial charge is 1.00 e. The summed E-state index contributed by atoms with van der Waals surface area (Å²) in [6.45, 7) is 0. The fourth-order valence-corrected chi connectivity index (χ4v) is 0.385. The molecule has 0 saturated heterocycles. The maximum Gasteiger partial charge on any atom is 0 e. The summed E-state index contributed by atoms with van der Waals surface area (Å²) in [6, 6.07) is 12.0. The molecule has 0 unspecified atom stereocenters. The zero-order valence-corrected chi connectivity index (χ0v) is 5.56. The van der Waals surface area contributed by atoms with E-state index in [1.54, 1.807) is 0 Å². The molecule has 0 aliphatic carbocycles. The van der Waals surface area contributed by atoms with Crippen LogP contribution in [0.25, 0.3) is 0 Å². The van der Waals surface area contributed by atoms with Gasteiger partial charge in [-0.2, -0.15) is 0 Å². The van der Waals surface area contributed by atoms with Gasteiger partial charge < -0.3 is 1.43 Å². The van der Waals surface area contributed by atoms with Gasteiger partial charge in [-0.15, -0.1) is 0 Å².